The number of aliphatic hydroxyl groups excluding tert-OH is 1. The summed E-state index contributed by atoms with van der Waals surface area (Å²) in [5.74, 6) is -0.453. The molecule has 0 radical (unpaired) electrons. The number of aliphatic hydroxyl groups is 1. The molecule has 166 valence electrons. The zero-order valence-electron chi connectivity index (χ0n) is 17.3. The molecule has 2 atom stereocenters. The van der Waals surface area contributed by atoms with Gasteiger partial charge in [-0.3, -0.25) is 5.32 Å². The summed E-state index contributed by atoms with van der Waals surface area (Å²) in [6.07, 6.45) is 1.58. The molecule has 0 aromatic heterocycles. The molecule has 8 nitrogen and oxygen atoms in total. The van der Waals surface area contributed by atoms with Gasteiger partial charge in [0.15, 0.2) is 6.10 Å². The number of nitrogens with one attached hydrogen (secondary N) is 1. The third kappa shape index (κ3) is 8.49. The second kappa shape index (κ2) is 13.0. The van der Waals surface area contributed by atoms with Gasteiger partial charge in [0.2, 0.25) is 0 Å². The van der Waals surface area contributed by atoms with E-state index in [1.807, 2.05) is 6.07 Å². The molecular formula is C23H27NO7. The average molecular weight is 429 g/mol. The number of amides is 1. The predicted molar refractivity (Wildman–Crippen MR) is 115 cm³/mol. The molecule has 31 heavy (non-hydrogen) atoms. The Morgan fingerprint density at radius 1 is 1.10 bits per heavy atom. The SMILES string of the molecule is CO[C@@H](CC/C=C/C(=O)O)[C@@H](OC(=O)Nc1ccccc1)c1ccc(OCCO)cc1. The lowest BCUT2D eigenvalue weighted by Crippen LogP contribution is -2.28. The number of allylic oxidation sites excluding steroid dienone is 1. The van der Waals surface area contributed by atoms with Crippen molar-refractivity contribution in [2.45, 2.75) is 25.0 Å². The van der Waals surface area contributed by atoms with Crippen LogP contribution in [0.4, 0.5) is 10.5 Å². The van der Waals surface area contributed by atoms with Crippen molar-refractivity contribution in [3.63, 3.8) is 0 Å². The van der Waals surface area contributed by atoms with Gasteiger partial charge in [0.1, 0.15) is 12.4 Å². The molecule has 0 spiro atoms. The first kappa shape index (κ1) is 23.9. The highest BCUT2D eigenvalue weighted by Crippen LogP contribution is 2.29. The summed E-state index contributed by atoms with van der Waals surface area (Å²) in [5, 5.41) is 20.3. The zero-order valence-corrected chi connectivity index (χ0v) is 17.3. The number of para-hydroxylation sites is 1. The fraction of sp³-hybridized carbons (Fsp3) is 0.304. The van der Waals surface area contributed by atoms with E-state index in [0.717, 1.165) is 6.08 Å². The molecule has 0 fully saturated rings. The molecule has 0 unspecified atom stereocenters. The minimum Gasteiger partial charge on any atom is -0.491 e. The van der Waals surface area contributed by atoms with Crippen molar-refractivity contribution in [2.75, 3.05) is 25.6 Å². The smallest absolute Gasteiger partial charge is 0.412 e. The summed E-state index contributed by atoms with van der Waals surface area (Å²) in [7, 11) is 1.51. The van der Waals surface area contributed by atoms with Crippen LogP contribution in [-0.4, -0.2) is 48.7 Å². The number of benzene rings is 2. The first-order chi connectivity index (χ1) is 15.0. The third-order valence-electron chi connectivity index (χ3n) is 4.34. The maximum atomic E-state index is 12.5. The van der Waals surface area contributed by atoms with Gasteiger partial charge in [-0.15, -0.1) is 0 Å². The number of hydrogen-bond donors (Lipinski definition) is 3. The molecule has 2 rings (SSSR count). The number of carboxylic acid groups (broad SMARTS) is 1. The van der Waals surface area contributed by atoms with E-state index in [2.05, 4.69) is 5.32 Å². The number of methoxy groups -OCH3 is 1. The fourth-order valence-corrected chi connectivity index (χ4v) is 2.90. The van der Waals surface area contributed by atoms with E-state index in [1.54, 1.807) is 48.5 Å². The quantitative estimate of drug-likeness (QED) is 0.440. The molecule has 0 aliphatic rings. The number of hydrogen-bond acceptors (Lipinski definition) is 6. The van der Waals surface area contributed by atoms with Crippen LogP contribution in [-0.2, 0) is 14.3 Å². The van der Waals surface area contributed by atoms with Crippen LogP contribution >= 0.6 is 0 Å². The van der Waals surface area contributed by atoms with Crippen LogP contribution in [0.15, 0.2) is 66.7 Å². The van der Waals surface area contributed by atoms with Gasteiger partial charge in [0, 0.05) is 18.9 Å². The second-order valence-corrected chi connectivity index (χ2v) is 6.55. The van der Waals surface area contributed by atoms with Crippen molar-refractivity contribution in [1.82, 2.24) is 0 Å². The highest BCUT2D eigenvalue weighted by Gasteiger charge is 2.27. The minimum atomic E-state index is -1.03. The zero-order chi connectivity index (χ0) is 22.5. The van der Waals surface area contributed by atoms with Crippen LogP contribution in [0, 0.1) is 0 Å². The summed E-state index contributed by atoms with van der Waals surface area (Å²) < 4.78 is 16.6. The molecule has 1 amide bonds. The van der Waals surface area contributed by atoms with Gasteiger partial charge in [-0.2, -0.15) is 0 Å². The lowest BCUT2D eigenvalue weighted by atomic mass is 10.00. The number of carbonyl (C=O) groups is 2. The number of ether oxygens (including phenoxy) is 3. The summed E-state index contributed by atoms with van der Waals surface area (Å²) in [5.41, 5.74) is 1.28. The highest BCUT2D eigenvalue weighted by atomic mass is 16.6. The third-order valence-corrected chi connectivity index (χ3v) is 4.34. The van der Waals surface area contributed by atoms with Crippen molar-refractivity contribution in [2.24, 2.45) is 0 Å². The monoisotopic (exact) mass is 429 g/mol. The Labute approximate surface area is 181 Å². The second-order valence-electron chi connectivity index (χ2n) is 6.55. The molecule has 0 saturated carbocycles. The van der Waals surface area contributed by atoms with Gasteiger partial charge in [-0.25, -0.2) is 9.59 Å². The van der Waals surface area contributed by atoms with Crippen LogP contribution in [0.3, 0.4) is 0 Å². The summed E-state index contributed by atoms with van der Waals surface area (Å²) in [6.45, 7) is 0.0815. The van der Waals surface area contributed by atoms with Crippen molar-refractivity contribution in [3.05, 3.63) is 72.3 Å². The first-order valence-electron chi connectivity index (χ1n) is 9.82. The summed E-state index contributed by atoms with van der Waals surface area (Å²) >= 11 is 0. The molecule has 0 saturated heterocycles. The van der Waals surface area contributed by atoms with Crippen LogP contribution in [0.25, 0.3) is 0 Å². The number of carboxylic acids is 1. The molecule has 0 aliphatic heterocycles. The van der Waals surface area contributed by atoms with Crippen LogP contribution in [0.2, 0.25) is 0 Å². The predicted octanol–water partition coefficient (Wildman–Crippen LogP) is 3.78. The Morgan fingerprint density at radius 2 is 1.81 bits per heavy atom. The summed E-state index contributed by atoms with van der Waals surface area (Å²) in [4.78, 5) is 23.2. The number of carbonyl (C=O) groups excluding carboxylic acids is 1. The Kier molecular flexibility index (Phi) is 10.1. The Bertz CT molecular complexity index is 837. The normalized spacial score (nSPS) is 12.8. The van der Waals surface area contributed by atoms with Crippen LogP contribution in [0.1, 0.15) is 24.5 Å². The van der Waals surface area contributed by atoms with E-state index >= 15 is 0 Å². The van der Waals surface area contributed by atoms with E-state index in [-0.39, 0.29) is 13.2 Å². The van der Waals surface area contributed by atoms with Gasteiger partial charge >= 0.3 is 12.1 Å². The lowest BCUT2D eigenvalue weighted by Gasteiger charge is -2.26. The molecular weight excluding hydrogens is 402 g/mol. The van der Waals surface area contributed by atoms with E-state index in [9.17, 15) is 9.59 Å². The van der Waals surface area contributed by atoms with Crippen molar-refractivity contribution in [3.8, 4) is 5.75 Å². The van der Waals surface area contributed by atoms with E-state index in [4.69, 9.17) is 24.4 Å². The molecule has 2 aromatic rings. The number of aliphatic carboxylic acids is 1. The summed E-state index contributed by atoms with van der Waals surface area (Å²) in [6, 6.07) is 15.9. The average Bonchev–Trinajstić information content (AvgIpc) is 2.77. The number of rotatable bonds is 12. The van der Waals surface area contributed by atoms with Gasteiger partial charge < -0.3 is 24.4 Å². The maximum Gasteiger partial charge on any atom is 0.412 e. The standard InChI is InChI=1S/C23H27NO7/c1-29-20(9-5-6-10-21(26)27)22(17-11-13-19(14-12-17)30-16-15-25)31-23(28)24-18-7-3-2-4-8-18/h2-4,6-8,10-14,20,22,25H,5,9,15-16H2,1H3,(H,24,28)(H,26,27)/b10-6+/t20-,22-/m0/s1. The molecule has 0 aliphatic carbocycles. The van der Waals surface area contributed by atoms with Crippen molar-refractivity contribution in [1.29, 1.82) is 0 Å². The largest absolute Gasteiger partial charge is 0.491 e. The van der Waals surface area contributed by atoms with Crippen LogP contribution in [0.5, 0.6) is 5.75 Å². The molecule has 0 heterocycles. The highest BCUT2D eigenvalue weighted by molar-refractivity contribution is 5.84. The molecule has 8 heteroatoms. The molecule has 0 bridgehead atoms. The Balaban J connectivity index is 2.16. The van der Waals surface area contributed by atoms with Gasteiger partial charge in [-0.05, 0) is 42.7 Å². The topological polar surface area (TPSA) is 114 Å². The van der Waals surface area contributed by atoms with Crippen molar-refractivity contribution >= 4 is 17.7 Å². The first-order valence-corrected chi connectivity index (χ1v) is 9.82. The van der Waals surface area contributed by atoms with Gasteiger partial charge in [0.25, 0.3) is 0 Å². The molecule has 2 aromatic carbocycles. The van der Waals surface area contributed by atoms with Crippen molar-refractivity contribution < 1.29 is 34.0 Å². The fourth-order valence-electron chi connectivity index (χ4n) is 2.90. The van der Waals surface area contributed by atoms with E-state index in [1.165, 1.54) is 13.2 Å². The number of anilines is 1. The van der Waals surface area contributed by atoms with E-state index in [0.29, 0.717) is 29.8 Å². The van der Waals surface area contributed by atoms with Crippen LogP contribution < -0.4 is 10.1 Å². The van der Waals surface area contributed by atoms with E-state index < -0.39 is 24.3 Å². The Hall–Kier alpha value is -3.36. The lowest BCUT2D eigenvalue weighted by molar-refractivity contribution is -0.131. The van der Waals surface area contributed by atoms with Gasteiger partial charge in [-0.1, -0.05) is 36.4 Å². The minimum absolute atomic E-state index is 0.0945. The van der Waals surface area contributed by atoms with Gasteiger partial charge in [0.05, 0.1) is 12.7 Å². The Morgan fingerprint density at radius 3 is 2.42 bits per heavy atom. The molecule has 3 N–H and O–H groups in total. The maximum absolute atomic E-state index is 12.5.